The van der Waals surface area contributed by atoms with Crippen molar-refractivity contribution in [3.63, 3.8) is 0 Å². The summed E-state index contributed by atoms with van der Waals surface area (Å²) in [7, 11) is 0. The molecule has 1 aliphatic carbocycles. The van der Waals surface area contributed by atoms with E-state index in [1.54, 1.807) is 0 Å². The fourth-order valence-corrected chi connectivity index (χ4v) is 4.52. The van der Waals surface area contributed by atoms with Crippen LogP contribution in [0.3, 0.4) is 0 Å². The first-order chi connectivity index (χ1) is 14.0. The lowest BCUT2D eigenvalue weighted by Gasteiger charge is -2.38. The van der Waals surface area contributed by atoms with Gasteiger partial charge in [0.05, 0.1) is 11.3 Å². The summed E-state index contributed by atoms with van der Waals surface area (Å²) < 4.78 is 66.2. The Hall–Kier alpha value is -2.32. The lowest BCUT2D eigenvalue weighted by atomic mass is 9.86. The van der Waals surface area contributed by atoms with E-state index in [4.69, 9.17) is 0 Å². The molecule has 2 aliphatic rings. The van der Waals surface area contributed by atoms with Crippen LogP contribution < -0.4 is 4.90 Å². The van der Waals surface area contributed by atoms with Crippen LogP contribution in [0.5, 0.6) is 0 Å². The number of halogens is 5. The number of alkyl halides is 5. The van der Waals surface area contributed by atoms with Gasteiger partial charge in [0, 0.05) is 50.7 Å². The molecule has 0 N–H and O–H groups in total. The number of Topliss-reactive ketones (excluding diaryl/α,β-unsaturated/α-hetero) is 1. The zero-order valence-electron chi connectivity index (χ0n) is 16.4. The third-order valence-electron chi connectivity index (χ3n) is 5.94. The van der Waals surface area contributed by atoms with Gasteiger partial charge in [0.25, 0.3) is 5.92 Å². The number of hydrogen-bond acceptors (Lipinski definition) is 4. The number of ketones is 1. The molecule has 30 heavy (non-hydrogen) atoms. The molecule has 4 nitrogen and oxygen atoms in total. The molecule has 1 saturated heterocycles. The van der Waals surface area contributed by atoms with E-state index in [9.17, 15) is 26.7 Å². The summed E-state index contributed by atoms with van der Waals surface area (Å²) in [6.45, 7) is 3.09. The van der Waals surface area contributed by atoms with Crippen LogP contribution in [0.15, 0.2) is 24.5 Å². The number of piperidine rings is 1. The Labute approximate surface area is 170 Å². The summed E-state index contributed by atoms with van der Waals surface area (Å²) in [4.78, 5) is 22.3. The molecule has 4 rings (SSSR count). The molecule has 162 valence electrons. The number of carbonyl (C=O) groups is 1. The third-order valence-corrected chi connectivity index (χ3v) is 5.94. The molecule has 1 saturated carbocycles. The first kappa shape index (κ1) is 20.9. The van der Waals surface area contributed by atoms with E-state index in [2.05, 4.69) is 9.97 Å². The fraction of sp³-hybridized carbons (Fsp3) is 0.571. The summed E-state index contributed by atoms with van der Waals surface area (Å²) in [6, 6.07) is 2.42. The topological polar surface area (TPSA) is 46.1 Å². The monoisotopic (exact) mass is 427 g/mol. The van der Waals surface area contributed by atoms with Crippen molar-refractivity contribution in [3.05, 3.63) is 30.1 Å². The van der Waals surface area contributed by atoms with E-state index in [0.717, 1.165) is 12.5 Å². The Morgan fingerprint density at radius 3 is 2.43 bits per heavy atom. The molecular formula is C21H22F5N3O. The number of fused-ring (bicyclic) bond motifs is 1. The Balaban J connectivity index is 1.55. The van der Waals surface area contributed by atoms with E-state index in [1.165, 1.54) is 18.5 Å². The molecular weight excluding hydrogens is 405 g/mol. The number of nitrogens with zero attached hydrogens (tertiary/aromatic N) is 3. The smallest absolute Gasteiger partial charge is 0.369 e. The van der Waals surface area contributed by atoms with E-state index < -0.39 is 23.6 Å². The van der Waals surface area contributed by atoms with Crippen molar-refractivity contribution in [2.24, 2.45) is 17.8 Å². The number of hydrogen-bond donors (Lipinski definition) is 0. The standard InChI is InChI=1S/C21H22F5N3O/c1-12-6-13(7-15(30)8-14-9-20(14,22)23)11-29(10-12)17-3-2-16(21(24,25)26)18-19(17)28-5-4-27-18/h2-5,12-14H,6-11H2,1H3/t12-,13-,14?/m0/s1. The average Bonchev–Trinajstić information content (AvgIpc) is 3.24. The molecule has 0 bridgehead atoms. The van der Waals surface area contributed by atoms with Crippen LogP contribution in [0.4, 0.5) is 27.6 Å². The predicted molar refractivity (Wildman–Crippen MR) is 101 cm³/mol. The molecule has 1 aromatic heterocycles. The van der Waals surface area contributed by atoms with Crippen LogP contribution in [0.2, 0.25) is 0 Å². The lowest BCUT2D eigenvalue weighted by molar-refractivity contribution is -0.136. The first-order valence-corrected chi connectivity index (χ1v) is 10.00. The van der Waals surface area contributed by atoms with E-state index >= 15 is 0 Å². The maximum absolute atomic E-state index is 13.4. The summed E-state index contributed by atoms with van der Waals surface area (Å²) in [5.41, 5.74) is -0.325. The maximum atomic E-state index is 13.4. The van der Waals surface area contributed by atoms with Crippen molar-refractivity contribution in [3.8, 4) is 0 Å². The molecule has 1 aromatic carbocycles. The van der Waals surface area contributed by atoms with Gasteiger partial charge in [0.15, 0.2) is 0 Å². The average molecular weight is 427 g/mol. The molecule has 1 unspecified atom stereocenters. The highest BCUT2D eigenvalue weighted by molar-refractivity contribution is 5.91. The zero-order valence-corrected chi connectivity index (χ0v) is 16.4. The predicted octanol–water partition coefficient (Wildman–Crippen LogP) is 5.12. The molecule has 2 heterocycles. The van der Waals surface area contributed by atoms with Gasteiger partial charge in [-0.2, -0.15) is 13.2 Å². The molecule has 0 radical (unpaired) electrons. The first-order valence-electron chi connectivity index (χ1n) is 10.00. The minimum Gasteiger partial charge on any atom is -0.369 e. The fourth-order valence-electron chi connectivity index (χ4n) is 4.52. The number of benzene rings is 1. The normalized spacial score (nSPS) is 26.1. The van der Waals surface area contributed by atoms with Gasteiger partial charge in [-0.3, -0.25) is 14.8 Å². The number of aromatic nitrogens is 2. The van der Waals surface area contributed by atoms with Gasteiger partial charge in [-0.1, -0.05) is 6.92 Å². The van der Waals surface area contributed by atoms with Crippen LogP contribution in [0.25, 0.3) is 11.0 Å². The summed E-state index contributed by atoms with van der Waals surface area (Å²) in [6.07, 6.45) is -1.30. The number of carbonyl (C=O) groups excluding carboxylic acids is 1. The van der Waals surface area contributed by atoms with E-state index in [0.29, 0.717) is 18.8 Å². The van der Waals surface area contributed by atoms with Crippen LogP contribution in [-0.2, 0) is 11.0 Å². The Bertz CT molecular complexity index is 961. The van der Waals surface area contributed by atoms with Gasteiger partial charge in [0.2, 0.25) is 0 Å². The second-order valence-electron chi connectivity index (χ2n) is 8.60. The minimum absolute atomic E-state index is 0.0392. The molecule has 3 atom stereocenters. The molecule has 2 fully saturated rings. The Kier molecular flexibility index (Phi) is 5.18. The maximum Gasteiger partial charge on any atom is 0.418 e. The van der Waals surface area contributed by atoms with Gasteiger partial charge < -0.3 is 4.90 Å². The number of rotatable bonds is 5. The van der Waals surface area contributed by atoms with Crippen LogP contribution >= 0.6 is 0 Å². The van der Waals surface area contributed by atoms with Crippen molar-refractivity contribution in [1.29, 1.82) is 0 Å². The van der Waals surface area contributed by atoms with Crippen LogP contribution in [0.1, 0.15) is 38.2 Å². The highest BCUT2D eigenvalue weighted by Gasteiger charge is 2.57. The molecule has 9 heteroatoms. The second kappa shape index (κ2) is 7.42. The van der Waals surface area contributed by atoms with Gasteiger partial charge in [-0.25, -0.2) is 8.78 Å². The zero-order chi connectivity index (χ0) is 21.7. The van der Waals surface area contributed by atoms with E-state index in [1.807, 2.05) is 11.8 Å². The van der Waals surface area contributed by atoms with Crippen molar-refractivity contribution in [2.75, 3.05) is 18.0 Å². The van der Waals surface area contributed by atoms with Crippen molar-refractivity contribution < 1.29 is 26.7 Å². The summed E-state index contributed by atoms with van der Waals surface area (Å²) >= 11 is 0. The molecule has 2 aromatic rings. The molecule has 0 amide bonds. The summed E-state index contributed by atoms with van der Waals surface area (Å²) in [5, 5.41) is 0. The molecule has 0 spiro atoms. The molecule has 1 aliphatic heterocycles. The second-order valence-corrected chi connectivity index (χ2v) is 8.60. The SMILES string of the molecule is C[C@H]1C[C@@H](CC(=O)CC2CC2(F)F)CN(c2ccc(C(F)(F)F)c3nccnc23)C1. The lowest BCUT2D eigenvalue weighted by Crippen LogP contribution is -2.40. The van der Waals surface area contributed by atoms with Crippen molar-refractivity contribution in [2.45, 2.75) is 44.7 Å². The van der Waals surface area contributed by atoms with Crippen molar-refractivity contribution in [1.82, 2.24) is 9.97 Å². The minimum atomic E-state index is -4.54. The van der Waals surface area contributed by atoms with Gasteiger partial charge >= 0.3 is 6.18 Å². The van der Waals surface area contributed by atoms with Gasteiger partial charge in [-0.05, 0) is 30.4 Å². The van der Waals surface area contributed by atoms with Crippen LogP contribution in [0, 0.1) is 17.8 Å². The summed E-state index contributed by atoms with van der Waals surface area (Å²) in [5.74, 6) is -3.56. The highest BCUT2D eigenvalue weighted by atomic mass is 19.4. The van der Waals surface area contributed by atoms with Crippen molar-refractivity contribution >= 4 is 22.5 Å². The highest BCUT2D eigenvalue weighted by Crippen LogP contribution is 2.51. The van der Waals surface area contributed by atoms with Gasteiger partial charge in [-0.15, -0.1) is 0 Å². The Morgan fingerprint density at radius 1 is 1.13 bits per heavy atom. The third kappa shape index (κ3) is 4.25. The quantitative estimate of drug-likeness (QED) is 0.622. The van der Waals surface area contributed by atoms with Gasteiger partial charge in [0.1, 0.15) is 16.8 Å². The Morgan fingerprint density at radius 2 is 1.80 bits per heavy atom. The number of anilines is 1. The largest absolute Gasteiger partial charge is 0.418 e. The van der Waals surface area contributed by atoms with E-state index in [-0.39, 0.29) is 47.9 Å². The van der Waals surface area contributed by atoms with Crippen LogP contribution in [-0.4, -0.2) is 34.8 Å².